The summed E-state index contributed by atoms with van der Waals surface area (Å²) >= 11 is 0. The highest BCUT2D eigenvalue weighted by molar-refractivity contribution is 6.04. The molecule has 4 rings (SSSR count). The van der Waals surface area contributed by atoms with E-state index in [-0.39, 0.29) is 12.7 Å². The van der Waals surface area contributed by atoms with Gasteiger partial charge in [-0.3, -0.25) is 9.89 Å². The van der Waals surface area contributed by atoms with E-state index < -0.39 is 0 Å². The number of anilines is 1. The summed E-state index contributed by atoms with van der Waals surface area (Å²) < 4.78 is 21.1. The number of aromatic nitrogens is 2. The first-order chi connectivity index (χ1) is 13.7. The van der Waals surface area contributed by atoms with Gasteiger partial charge in [0.15, 0.2) is 11.5 Å². The molecule has 0 aliphatic carbocycles. The van der Waals surface area contributed by atoms with E-state index in [4.69, 9.17) is 18.9 Å². The van der Waals surface area contributed by atoms with Crippen molar-refractivity contribution in [3.05, 3.63) is 54.1 Å². The summed E-state index contributed by atoms with van der Waals surface area (Å²) in [6.45, 7) is 1.18. The number of hydrogen-bond donors (Lipinski definition) is 2. The van der Waals surface area contributed by atoms with Gasteiger partial charge in [-0.05, 0) is 42.5 Å². The van der Waals surface area contributed by atoms with Crippen molar-refractivity contribution < 1.29 is 23.7 Å². The number of hydrogen-bond acceptors (Lipinski definition) is 6. The van der Waals surface area contributed by atoms with E-state index in [1.54, 1.807) is 37.4 Å². The molecular formula is C20H19N3O5. The Morgan fingerprint density at radius 3 is 2.75 bits per heavy atom. The molecule has 1 aliphatic rings. The molecule has 0 atom stereocenters. The number of fused-ring (bicyclic) bond motifs is 1. The summed E-state index contributed by atoms with van der Waals surface area (Å²) in [4.78, 5) is 12.4. The highest BCUT2D eigenvalue weighted by Crippen LogP contribution is 2.35. The van der Waals surface area contributed by atoms with Gasteiger partial charge in [-0.1, -0.05) is 0 Å². The molecule has 0 saturated carbocycles. The van der Waals surface area contributed by atoms with Crippen LogP contribution in [0.15, 0.2) is 48.5 Å². The molecule has 0 unspecified atom stereocenters. The standard InChI is InChI=1S/C20H19N3O5/c1-25-8-9-26-15-5-2-13(3-6-15)20(24)21-19-11-16(22-23-19)14-4-7-17-18(10-14)28-12-27-17/h2-7,10-11H,8-9,12H2,1H3,(H2,21,22,23,24). The minimum atomic E-state index is -0.246. The summed E-state index contributed by atoms with van der Waals surface area (Å²) in [6.07, 6.45) is 0. The molecule has 3 aromatic rings. The number of benzene rings is 2. The van der Waals surface area contributed by atoms with E-state index in [0.717, 1.165) is 5.56 Å². The number of carbonyl (C=O) groups excluding carboxylic acids is 1. The van der Waals surface area contributed by atoms with E-state index in [1.807, 2.05) is 18.2 Å². The molecule has 0 fully saturated rings. The largest absolute Gasteiger partial charge is 0.491 e. The minimum absolute atomic E-state index is 0.219. The SMILES string of the molecule is COCCOc1ccc(C(=O)Nc2cc(-c3ccc4c(c3)OCO4)n[nH]2)cc1. The van der Waals surface area contributed by atoms with Crippen molar-refractivity contribution in [3.8, 4) is 28.5 Å². The molecule has 0 radical (unpaired) electrons. The first-order valence-corrected chi connectivity index (χ1v) is 8.71. The molecule has 28 heavy (non-hydrogen) atoms. The molecule has 8 nitrogen and oxygen atoms in total. The molecule has 144 valence electrons. The Kier molecular flexibility index (Phi) is 5.11. The van der Waals surface area contributed by atoms with Gasteiger partial charge in [-0.2, -0.15) is 5.10 Å². The van der Waals surface area contributed by atoms with Crippen molar-refractivity contribution in [2.75, 3.05) is 32.4 Å². The van der Waals surface area contributed by atoms with Gasteiger partial charge in [0.1, 0.15) is 18.2 Å². The van der Waals surface area contributed by atoms with Crippen LogP contribution in [0.25, 0.3) is 11.3 Å². The summed E-state index contributed by atoms with van der Waals surface area (Å²) in [5, 5.41) is 9.87. The van der Waals surface area contributed by atoms with Gasteiger partial charge in [0.05, 0.1) is 12.3 Å². The second kappa shape index (κ2) is 8.01. The van der Waals surface area contributed by atoms with Crippen LogP contribution in [0, 0.1) is 0 Å². The van der Waals surface area contributed by atoms with Crippen LogP contribution in [0.3, 0.4) is 0 Å². The van der Waals surface area contributed by atoms with Crippen LogP contribution in [0.1, 0.15) is 10.4 Å². The fourth-order valence-corrected chi connectivity index (χ4v) is 2.73. The number of carbonyl (C=O) groups is 1. The molecular weight excluding hydrogens is 362 g/mol. The molecule has 0 spiro atoms. The number of rotatable bonds is 7. The fourth-order valence-electron chi connectivity index (χ4n) is 2.73. The second-order valence-electron chi connectivity index (χ2n) is 6.05. The molecule has 2 N–H and O–H groups in total. The lowest BCUT2D eigenvalue weighted by Gasteiger charge is -2.06. The Morgan fingerprint density at radius 2 is 1.93 bits per heavy atom. The normalized spacial score (nSPS) is 12.0. The molecule has 2 heterocycles. The zero-order valence-electron chi connectivity index (χ0n) is 15.2. The van der Waals surface area contributed by atoms with E-state index in [2.05, 4.69) is 15.5 Å². The topological polar surface area (TPSA) is 94.7 Å². The summed E-state index contributed by atoms with van der Waals surface area (Å²) in [5.74, 6) is 2.32. The third-order valence-electron chi connectivity index (χ3n) is 4.17. The Balaban J connectivity index is 1.40. The van der Waals surface area contributed by atoms with Crippen molar-refractivity contribution in [2.45, 2.75) is 0 Å². The van der Waals surface area contributed by atoms with Crippen molar-refractivity contribution in [2.24, 2.45) is 0 Å². The van der Waals surface area contributed by atoms with Crippen LogP contribution in [-0.4, -0.2) is 43.2 Å². The van der Waals surface area contributed by atoms with Crippen molar-refractivity contribution >= 4 is 11.7 Å². The first-order valence-electron chi connectivity index (χ1n) is 8.71. The molecule has 1 amide bonds. The number of nitrogens with one attached hydrogen (secondary N) is 2. The Hall–Kier alpha value is -3.52. The quantitative estimate of drug-likeness (QED) is 0.611. The van der Waals surface area contributed by atoms with E-state index >= 15 is 0 Å². The van der Waals surface area contributed by atoms with Gasteiger partial charge in [0.25, 0.3) is 5.91 Å². The molecule has 8 heteroatoms. The zero-order valence-corrected chi connectivity index (χ0v) is 15.2. The number of H-pyrrole nitrogens is 1. The van der Waals surface area contributed by atoms with Crippen molar-refractivity contribution in [1.82, 2.24) is 10.2 Å². The Bertz CT molecular complexity index is 968. The van der Waals surface area contributed by atoms with Crippen molar-refractivity contribution in [3.63, 3.8) is 0 Å². The maximum absolute atomic E-state index is 12.4. The van der Waals surface area contributed by atoms with E-state index in [1.165, 1.54) is 0 Å². The Labute approximate surface area is 161 Å². The molecule has 2 aromatic carbocycles. The number of methoxy groups -OCH3 is 1. The summed E-state index contributed by atoms with van der Waals surface area (Å²) in [5.41, 5.74) is 2.06. The van der Waals surface area contributed by atoms with Crippen LogP contribution < -0.4 is 19.5 Å². The van der Waals surface area contributed by atoms with Crippen molar-refractivity contribution in [1.29, 1.82) is 0 Å². The maximum atomic E-state index is 12.4. The van der Waals surface area contributed by atoms with Gasteiger partial charge in [-0.25, -0.2) is 0 Å². The van der Waals surface area contributed by atoms with E-state index in [9.17, 15) is 4.79 Å². The van der Waals surface area contributed by atoms with Gasteiger partial charge < -0.3 is 24.3 Å². The minimum Gasteiger partial charge on any atom is -0.491 e. The van der Waals surface area contributed by atoms with Crippen LogP contribution in [0.4, 0.5) is 5.82 Å². The number of amides is 1. The summed E-state index contributed by atoms with van der Waals surface area (Å²) in [7, 11) is 1.62. The smallest absolute Gasteiger partial charge is 0.256 e. The predicted molar refractivity (Wildman–Crippen MR) is 102 cm³/mol. The highest BCUT2D eigenvalue weighted by atomic mass is 16.7. The monoisotopic (exact) mass is 381 g/mol. The lowest BCUT2D eigenvalue weighted by molar-refractivity contribution is 0.102. The lowest BCUT2D eigenvalue weighted by atomic mass is 10.1. The second-order valence-corrected chi connectivity index (χ2v) is 6.05. The van der Waals surface area contributed by atoms with Crippen LogP contribution in [0.5, 0.6) is 17.2 Å². The van der Waals surface area contributed by atoms with Gasteiger partial charge in [-0.15, -0.1) is 0 Å². The Morgan fingerprint density at radius 1 is 1.11 bits per heavy atom. The molecule has 1 aromatic heterocycles. The van der Waals surface area contributed by atoms with Crippen LogP contribution >= 0.6 is 0 Å². The third-order valence-corrected chi connectivity index (χ3v) is 4.17. The van der Waals surface area contributed by atoms with Gasteiger partial charge in [0, 0.05) is 24.3 Å². The number of nitrogens with zero attached hydrogens (tertiary/aromatic N) is 1. The van der Waals surface area contributed by atoms with Crippen LogP contribution in [0.2, 0.25) is 0 Å². The molecule has 0 saturated heterocycles. The predicted octanol–water partition coefficient (Wildman–Crippen LogP) is 3.08. The number of ether oxygens (including phenoxy) is 4. The fraction of sp³-hybridized carbons (Fsp3) is 0.200. The average Bonchev–Trinajstić information content (AvgIpc) is 3.37. The van der Waals surface area contributed by atoms with Gasteiger partial charge >= 0.3 is 0 Å². The molecule has 0 bridgehead atoms. The highest BCUT2D eigenvalue weighted by Gasteiger charge is 2.15. The number of aromatic amines is 1. The van der Waals surface area contributed by atoms with Gasteiger partial charge in [0.2, 0.25) is 6.79 Å². The summed E-state index contributed by atoms with van der Waals surface area (Å²) in [6, 6.07) is 14.2. The van der Waals surface area contributed by atoms with E-state index in [0.29, 0.717) is 47.5 Å². The van der Waals surface area contributed by atoms with Crippen LogP contribution in [-0.2, 0) is 4.74 Å². The average molecular weight is 381 g/mol. The third kappa shape index (κ3) is 3.91. The zero-order chi connectivity index (χ0) is 19.3. The molecule has 1 aliphatic heterocycles. The maximum Gasteiger partial charge on any atom is 0.256 e. The first kappa shape index (κ1) is 17.9. The lowest BCUT2D eigenvalue weighted by Crippen LogP contribution is -2.12.